The average molecular weight is 336 g/mol. The zero-order chi connectivity index (χ0) is 17.8. The molecular weight excluding hydrogens is 316 g/mol. The smallest absolute Gasteiger partial charge is 0.140 e. The lowest BCUT2D eigenvalue weighted by molar-refractivity contribution is 0.394. The molecule has 1 aromatic heterocycles. The molecule has 0 aliphatic heterocycles. The monoisotopic (exact) mass is 336 g/mol. The maximum atomic E-state index is 7.75. The summed E-state index contributed by atoms with van der Waals surface area (Å²) in [7, 11) is 3.24. The van der Waals surface area contributed by atoms with Crippen molar-refractivity contribution in [2.24, 2.45) is 5.73 Å². The number of amidine groups is 1. The van der Waals surface area contributed by atoms with Crippen LogP contribution in [0.1, 0.15) is 11.1 Å². The molecule has 0 aliphatic carbocycles. The van der Waals surface area contributed by atoms with E-state index in [1.807, 2.05) is 53.2 Å². The third-order valence-corrected chi connectivity index (χ3v) is 3.97. The summed E-state index contributed by atoms with van der Waals surface area (Å²) in [6.07, 6.45) is 3.65. The zero-order valence-electron chi connectivity index (χ0n) is 14.2. The standard InChI is InChI=1S/C19H20N4O2/c1-24-15-9-14(10-16(11-15)25-2)19-22-7-8-23(19)12-13-5-3-4-6-17(13)18(20)21/h3-11H,12H2,1-2H3,(H3,20,21). The van der Waals surface area contributed by atoms with E-state index in [0.29, 0.717) is 18.0 Å². The average Bonchev–Trinajstić information content (AvgIpc) is 3.09. The fraction of sp³-hybridized carbons (Fsp3) is 0.158. The molecular formula is C19H20N4O2. The molecule has 0 aliphatic rings. The van der Waals surface area contributed by atoms with Crippen molar-refractivity contribution in [3.05, 3.63) is 66.0 Å². The molecule has 0 spiro atoms. The topological polar surface area (TPSA) is 86.2 Å². The number of hydrogen-bond acceptors (Lipinski definition) is 4. The van der Waals surface area contributed by atoms with Gasteiger partial charge in [-0.3, -0.25) is 5.41 Å². The number of benzene rings is 2. The van der Waals surface area contributed by atoms with Crippen LogP contribution in [0, 0.1) is 5.41 Å². The van der Waals surface area contributed by atoms with Crippen molar-refractivity contribution in [3.63, 3.8) is 0 Å². The minimum Gasteiger partial charge on any atom is -0.497 e. The lowest BCUT2D eigenvalue weighted by Gasteiger charge is -2.13. The van der Waals surface area contributed by atoms with E-state index >= 15 is 0 Å². The van der Waals surface area contributed by atoms with E-state index < -0.39 is 0 Å². The second-order valence-electron chi connectivity index (χ2n) is 5.55. The van der Waals surface area contributed by atoms with Crippen molar-refractivity contribution in [2.45, 2.75) is 6.54 Å². The van der Waals surface area contributed by atoms with Gasteiger partial charge in [-0.2, -0.15) is 0 Å². The molecule has 3 aromatic rings. The minimum atomic E-state index is 0.0558. The second-order valence-corrected chi connectivity index (χ2v) is 5.55. The Balaban J connectivity index is 2.01. The molecule has 25 heavy (non-hydrogen) atoms. The van der Waals surface area contributed by atoms with E-state index in [1.54, 1.807) is 20.4 Å². The van der Waals surface area contributed by atoms with Crippen molar-refractivity contribution in [2.75, 3.05) is 14.2 Å². The summed E-state index contributed by atoms with van der Waals surface area (Å²) in [6, 6.07) is 13.3. The molecule has 0 saturated heterocycles. The van der Waals surface area contributed by atoms with Gasteiger partial charge in [0.15, 0.2) is 0 Å². The number of nitrogens with zero attached hydrogens (tertiary/aromatic N) is 2. The van der Waals surface area contributed by atoms with Gasteiger partial charge >= 0.3 is 0 Å². The van der Waals surface area contributed by atoms with Gasteiger partial charge in [-0.05, 0) is 17.7 Å². The fourth-order valence-electron chi connectivity index (χ4n) is 2.74. The zero-order valence-corrected chi connectivity index (χ0v) is 14.2. The molecule has 0 atom stereocenters. The molecule has 128 valence electrons. The van der Waals surface area contributed by atoms with E-state index in [2.05, 4.69) is 4.98 Å². The molecule has 6 heteroatoms. The molecule has 0 fully saturated rings. The quantitative estimate of drug-likeness (QED) is 0.535. The van der Waals surface area contributed by atoms with Crippen LogP contribution in [-0.4, -0.2) is 29.6 Å². The number of methoxy groups -OCH3 is 2. The molecule has 0 bridgehead atoms. The minimum absolute atomic E-state index is 0.0558. The third kappa shape index (κ3) is 3.47. The Hall–Kier alpha value is -3.28. The molecule has 0 saturated carbocycles. The van der Waals surface area contributed by atoms with Gasteiger partial charge in [0.1, 0.15) is 23.2 Å². The predicted octanol–water partition coefficient (Wildman–Crippen LogP) is 2.90. The van der Waals surface area contributed by atoms with Crippen LogP contribution in [0.15, 0.2) is 54.9 Å². The van der Waals surface area contributed by atoms with Gasteiger partial charge < -0.3 is 19.8 Å². The van der Waals surface area contributed by atoms with Gasteiger partial charge in [0.25, 0.3) is 0 Å². The molecule has 0 amide bonds. The van der Waals surface area contributed by atoms with Crippen LogP contribution < -0.4 is 15.2 Å². The first kappa shape index (κ1) is 16.6. The van der Waals surface area contributed by atoms with Gasteiger partial charge in [-0.15, -0.1) is 0 Å². The Morgan fingerprint density at radius 2 is 1.80 bits per heavy atom. The van der Waals surface area contributed by atoms with Crippen LogP contribution in [0.5, 0.6) is 11.5 Å². The van der Waals surface area contributed by atoms with Crippen molar-refractivity contribution in [1.29, 1.82) is 5.41 Å². The SMILES string of the molecule is COc1cc(OC)cc(-c2nccn2Cc2ccccc2C(=N)N)c1. The summed E-state index contributed by atoms with van der Waals surface area (Å²) >= 11 is 0. The predicted molar refractivity (Wildman–Crippen MR) is 97.3 cm³/mol. The Bertz CT molecular complexity index is 880. The fourth-order valence-corrected chi connectivity index (χ4v) is 2.74. The summed E-state index contributed by atoms with van der Waals surface area (Å²) in [5, 5.41) is 7.75. The molecule has 1 heterocycles. The van der Waals surface area contributed by atoms with E-state index in [0.717, 1.165) is 22.5 Å². The van der Waals surface area contributed by atoms with Gasteiger partial charge in [0.2, 0.25) is 0 Å². The molecule has 0 radical (unpaired) electrons. The number of nitrogen functional groups attached to an aromatic ring is 1. The van der Waals surface area contributed by atoms with Gasteiger partial charge in [-0.1, -0.05) is 24.3 Å². The van der Waals surface area contributed by atoms with Gasteiger partial charge in [-0.25, -0.2) is 4.98 Å². The number of imidazole rings is 1. The summed E-state index contributed by atoms with van der Waals surface area (Å²) in [6.45, 7) is 0.560. The lowest BCUT2D eigenvalue weighted by Crippen LogP contribution is -2.15. The maximum Gasteiger partial charge on any atom is 0.140 e. The Labute approximate surface area is 146 Å². The van der Waals surface area contributed by atoms with Crippen molar-refractivity contribution < 1.29 is 9.47 Å². The highest BCUT2D eigenvalue weighted by Gasteiger charge is 2.12. The normalized spacial score (nSPS) is 10.5. The molecule has 0 unspecified atom stereocenters. The van der Waals surface area contributed by atoms with E-state index in [4.69, 9.17) is 20.6 Å². The summed E-state index contributed by atoms with van der Waals surface area (Å²) in [4.78, 5) is 4.47. The lowest BCUT2D eigenvalue weighted by atomic mass is 10.1. The van der Waals surface area contributed by atoms with Gasteiger partial charge in [0, 0.05) is 36.1 Å². The summed E-state index contributed by atoms with van der Waals surface area (Å²) in [5.74, 6) is 2.25. The molecule has 6 nitrogen and oxygen atoms in total. The first-order valence-electron chi connectivity index (χ1n) is 7.79. The Morgan fingerprint density at radius 1 is 1.12 bits per heavy atom. The first-order valence-corrected chi connectivity index (χ1v) is 7.79. The van der Waals surface area contributed by atoms with Crippen LogP contribution in [0.4, 0.5) is 0 Å². The Kier molecular flexibility index (Phi) is 4.70. The van der Waals surface area contributed by atoms with Crippen LogP contribution in [0.3, 0.4) is 0 Å². The highest BCUT2D eigenvalue weighted by atomic mass is 16.5. The van der Waals surface area contributed by atoms with Crippen molar-refractivity contribution in [1.82, 2.24) is 9.55 Å². The highest BCUT2D eigenvalue weighted by molar-refractivity contribution is 5.96. The van der Waals surface area contributed by atoms with E-state index in [9.17, 15) is 0 Å². The Morgan fingerprint density at radius 3 is 2.44 bits per heavy atom. The third-order valence-electron chi connectivity index (χ3n) is 3.97. The van der Waals surface area contributed by atoms with E-state index in [1.165, 1.54) is 0 Å². The molecule has 3 rings (SSSR count). The molecule has 3 N–H and O–H groups in total. The number of ether oxygens (including phenoxy) is 2. The second kappa shape index (κ2) is 7.09. The van der Waals surface area contributed by atoms with Crippen LogP contribution in [0.25, 0.3) is 11.4 Å². The number of nitrogens with one attached hydrogen (secondary N) is 1. The van der Waals surface area contributed by atoms with Crippen LogP contribution in [-0.2, 0) is 6.54 Å². The van der Waals surface area contributed by atoms with Gasteiger partial charge in [0.05, 0.1) is 14.2 Å². The van der Waals surface area contributed by atoms with Crippen LogP contribution in [0.2, 0.25) is 0 Å². The number of nitrogens with two attached hydrogens (primary N) is 1. The van der Waals surface area contributed by atoms with Crippen LogP contribution >= 0.6 is 0 Å². The first-order chi connectivity index (χ1) is 12.1. The van der Waals surface area contributed by atoms with E-state index in [-0.39, 0.29) is 5.84 Å². The number of rotatable bonds is 6. The number of hydrogen-bond donors (Lipinski definition) is 2. The largest absolute Gasteiger partial charge is 0.497 e. The molecule has 2 aromatic carbocycles. The summed E-state index contributed by atoms with van der Waals surface area (Å²) < 4.78 is 12.7. The van der Waals surface area contributed by atoms with Crippen molar-refractivity contribution in [3.8, 4) is 22.9 Å². The maximum absolute atomic E-state index is 7.75. The highest BCUT2D eigenvalue weighted by Crippen LogP contribution is 2.29. The van der Waals surface area contributed by atoms with Crippen molar-refractivity contribution >= 4 is 5.84 Å². The number of aromatic nitrogens is 2. The summed E-state index contributed by atoms with van der Waals surface area (Å²) in [5.41, 5.74) is 8.27.